The molecule has 6 nitrogen and oxygen atoms in total. The molecule has 6 heteroatoms. The van der Waals surface area contributed by atoms with E-state index in [-0.39, 0.29) is 24.3 Å². The summed E-state index contributed by atoms with van der Waals surface area (Å²) in [4.78, 5) is 41.7. The Morgan fingerprint density at radius 2 is 1.80 bits per heavy atom. The molecule has 0 spiro atoms. The molecule has 0 radical (unpaired) electrons. The Bertz CT molecular complexity index is 965. The van der Waals surface area contributed by atoms with Crippen molar-refractivity contribution in [3.63, 3.8) is 0 Å². The fourth-order valence-corrected chi connectivity index (χ4v) is 4.23. The van der Waals surface area contributed by atoms with Crippen LogP contribution >= 0.6 is 0 Å². The van der Waals surface area contributed by atoms with Gasteiger partial charge >= 0.3 is 0 Å². The Morgan fingerprint density at radius 3 is 2.43 bits per heavy atom. The number of ether oxygens (including phenoxy) is 1. The average molecular weight is 406 g/mol. The molecule has 0 saturated carbocycles. The number of amides is 3. The van der Waals surface area contributed by atoms with Gasteiger partial charge in [-0.3, -0.25) is 19.3 Å². The van der Waals surface area contributed by atoms with Crippen molar-refractivity contribution in [1.82, 2.24) is 9.80 Å². The van der Waals surface area contributed by atoms with Crippen LogP contribution in [0.5, 0.6) is 5.75 Å². The molecule has 0 bridgehead atoms. The smallest absolute Gasteiger partial charge is 0.261 e. The van der Waals surface area contributed by atoms with E-state index in [1.807, 2.05) is 17.9 Å². The van der Waals surface area contributed by atoms with E-state index in [0.717, 1.165) is 31.5 Å². The molecule has 0 aromatic heterocycles. The van der Waals surface area contributed by atoms with E-state index in [4.69, 9.17) is 4.74 Å². The summed E-state index contributed by atoms with van der Waals surface area (Å²) < 4.78 is 5.70. The van der Waals surface area contributed by atoms with E-state index < -0.39 is 0 Å². The van der Waals surface area contributed by atoms with Gasteiger partial charge < -0.3 is 9.64 Å². The number of nitrogens with zero attached hydrogens (tertiary/aromatic N) is 2. The first kappa shape index (κ1) is 20.1. The van der Waals surface area contributed by atoms with Crippen LogP contribution in [0, 0.1) is 5.92 Å². The number of imide groups is 1. The van der Waals surface area contributed by atoms with Crippen molar-refractivity contribution in [2.45, 2.75) is 33.2 Å². The lowest BCUT2D eigenvalue weighted by Crippen LogP contribution is -2.39. The number of carbonyl (C=O) groups excluding carboxylic acids is 3. The van der Waals surface area contributed by atoms with Crippen molar-refractivity contribution in [1.29, 1.82) is 0 Å². The fraction of sp³-hybridized carbons (Fsp3) is 0.375. The van der Waals surface area contributed by atoms with Crippen LogP contribution in [-0.4, -0.2) is 47.2 Å². The maximum Gasteiger partial charge on any atom is 0.261 e. The van der Waals surface area contributed by atoms with Crippen LogP contribution in [-0.2, 0) is 6.54 Å². The van der Waals surface area contributed by atoms with E-state index in [1.54, 1.807) is 36.4 Å². The van der Waals surface area contributed by atoms with E-state index in [2.05, 4.69) is 6.92 Å². The summed E-state index contributed by atoms with van der Waals surface area (Å²) >= 11 is 0. The normalized spacial score (nSPS) is 18.5. The molecule has 2 aromatic rings. The SMILES string of the molecule is CCOc1ccc(CN2C(=O)c3ccccc3C2=O)cc1C(=O)N1CCCC(C)C1. The monoisotopic (exact) mass is 406 g/mol. The molecule has 2 aromatic carbocycles. The lowest BCUT2D eigenvalue weighted by Gasteiger charge is -2.31. The highest BCUT2D eigenvalue weighted by atomic mass is 16.5. The highest BCUT2D eigenvalue weighted by Crippen LogP contribution is 2.28. The maximum absolute atomic E-state index is 13.2. The topological polar surface area (TPSA) is 66.9 Å². The third kappa shape index (κ3) is 3.70. The first-order valence-electron chi connectivity index (χ1n) is 10.5. The summed E-state index contributed by atoms with van der Waals surface area (Å²) in [5.74, 6) is 0.338. The molecule has 2 aliphatic heterocycles. The van der Waals surface area contributed by atoms with E-state index >= 15 is 0 Å². The number of fused-ring (bicyclic) bond motifs is 1. The van der Waals surface area contributed by atoms with Crippen molar-refractivity contribution in [2.24, 2.45) is 5.92 Å². The van der Waals surface area contributed by atoms with Crippen LogP contribution < -0.4 is 4.74 Å². The summed E-state index contributed by atoms with van der Waals surface area (Å²) in [5, 5.41) is 0. The molecular formula is C24H26N2O4. The van der Waals surface area contributed by atoms with E-state index in [1.165, 1.54) is 4.90 Å². The quantitative estimate of drug-likeness (QED) is 0.709. The summed E-state index contributed by atoms with van der Waals surface area (Å²) in [7, 11) is 0. The molecule has 0 N–H and O–H groups in total. The molecule has 2 heterocycles. The number of benzene rings is 2. The molecule has 4 rings (SSSR count). The second-order valence-corrected chi connectivity index (χ2v) is 8.00. The van der Waals surface area contributed by atoms with Crippen LogP contribution in [0.1, 0.15) is 63.3 Å². The van der Waals surface area contributed by atoms with Gasteiger partial charge in [0.25, 0.3) is 17.7 Å². The lowest BCUT2D eigenvalue weighted by molar-refractivity contribution is 0.0641. The van der Waals surface area contributed by atoms with Crippen LogP contribution in [0.15, 0.2) is 42.5 Å². The molecule has 3 amide bonds. The van der Waals surface area contributed by atoms with Crippen molar-refractivity contribution < 1.29 is 19.1 Å². The molecule has 0 aliphatic carbocycles. The van der Waals surface area contributed by atoms with E-state index in [0.29, 0.717) is 35.0 Å². The maximum atomic E-state index is 13.2. The third-order valence-corrected chi connectivity index (χ3v) is 5.74. The Balaban J connectivity index is 1.61. The summed E-state index contributed by atoms with van der Waals surface area (Å²) in [5.41, 5.74) is 2.06. The van der Waals surface area contributed by atoms with Crippen LogP contribution in [0.3, 0.4) is 0 Å². The summed E-state index contributed by atoms with van der Waals surface area (Å²) in [6.45, 7) is 6.07. The number of likely N-dealkylation sites (tertiary alicyclic amines) is 1. The molecule has 1 fully saturated rings. The Hall–Kier alpha value is -3.15. The fourth-order valence-electron chi connectivity index (χ4n) is 4.23. The van der Waals surface area contributed by atoms with Gasteiger partial charge in [-0.15, -0.1) is 0 Å². The molecule has 1 unspecified atom stereocenters. The van der Waals surface area contributed by atoms with Crippen LogP contribution in [0.25, 0.3) is 0 Å². The van der Waals surface area contributed by atoms with Gasteiger partial charge in [0.05, 0.1) is 29.8 Å². The third-order valence-electron chi connectivity index (χ3n) is 5.74. The predicted molar refractivity (Wildman–Crippen MR) is 113 cm³/mol. The number of rotatable bonds is 5. The molecule has 2 aliphatic rings. The van der Waals surface area contributed by atoms with Gasteiger partial charge in [0.15, 0.2) is 0 Å². The Kier molecular flexibility index (Phi) is 5.57. The minimum Gasteiger partial charge on any atom is -0.493 e. The molecule has 30 heavy (non-hydrogen) atoms. The molecular weight excluding hydrogens is 380 g/mol. The van der Waals surface area contributed by atoms with Gasteiger partial charge in [0, 0.05) is 13.1 Å². The minimum atomic E-state index is -0.304. The standard InChI is InChI=1S/C24H26N2O4/c1-3-30-21-11-10-17(13-20(21)22(27)25-12-6-7-16(2)14-25)15-26-23(28)18-8-4-5-9-19(18)24(26)29/h4-5,8-11,13,16H,3,6-7,12,14-15H2,1-2H3. The van der Waals surface area contributed by atoms with Crippen molar-refractivity contribution in [3.8, 4) is 5.75 Å². The predicted octanol–water partition coefficient (Wildman–Crippen LogP) is 3.75. The highest BCUT2D eigenvalue weighted by molar-refractivity contribution is 6.21. The van der Waals surface area contributed by atoms with Crippen molar-refractivity contribution in [2.75, 3.05) is 19.7 Å². The average Bonchev–Trinajstić information content (AvgIpc) is 2.99. The molecule has 156 valence electrons. The largest absolute Gasteiger partial charge is 0.493 e. The minimum absolute atomic E-state index is 0.0609. The van der Waals surface area contributed by atoms with Gasteiger partial charge in [-0.2, -0.15) is 0 Å². The van der Waals surface area contributed by atoms with Crippen molar-refractivity contribution in [3.05, 3.63) is 64.7 Å². The van der Waals surface area contributed by atoms with Crippen LogP contribution in [0.2, 0.25) is 0 Å². The van der Waals surface area contributed by atoms with Gasteiger partial charge in [0.1, 0.15) is 5.75 Å². The van der Waals surface area contributed by atoms with E-state index in [9.17, 15) is 14.4 Å². The Labute approximate surface area is 176 Å². The zero-order valence-corrected chi connectivity index (χ0v) is 17.4. The van der Waals surface area contributed by atoms with Crippen LogP contribution in [0.4, 0.5) is 0 Å². The lowest BCUT2D eigenvalue weighted by atomic mass is 9.99. The van der Waals surface area contributed by atoms with Gasteiger partial charge in [-0.05, 0) is 55.5 Å². The first-order chi connectivity index (χ1) is 14.5. The number of piperidine rings is 1. The molecule has 1 atom stereocenters. The Morgan fingerprint density at radius 1 is 1.10 bits per heavy atom. The summed E-state index contributed by atoms with van der Waals surface area (Å²) in [6.07, 6.45) is 2.12. The van der Waals surface area contributed by atoms with Gasteiger partial charge in [0.2, 0.25) is 0 Å². The second kappa shape index (κ2) is 8.30. The van der Waals surface area contributed by atoms with Gasteiger partial charge in [-0.1, -0.05) is 25.1 Å². The number of hydrogen-bond acceptors (Lipinski definition) is 4. The number of carbonyl (C=O) groups is 3. The zero-order valence-electron chi connectivity index (χ0n) is 17.4. The number of hydrogen-bond donors (Lipinski definition) is 0. The van der Waals surface area contributed by atoms with Crippen molar-refractivity contribution >= 4 is 17.7 Å². The molecule has 1 saturated heterocycles. The highest BCUT2D eigenvalue weighted by Gasteiger charge is 2.35. The zero-order chi connectivity index (χ0) is 21.3. The second-order valence-electron chi connectivity index (χ2n) is 8.00. The first-order valence-corrected chi connectivity index (χ1v) is 10.5. The van der Waals surface area contributed by atoms with Gasteiger partial charge in [-0.25, -0.2) is 0 Å². The summed E-state index contributed by atoms with van der Waals surface area (Å²) in [6, 6.07) is 12.2.